The molecule has 1 rings (SSSR count). The number of carbonyl (C=O) groups is 1. The van der Waals surface area contributed by atoms with Gasteiger partial charge in [-0.25, -0.2) is 4.39 Å². The molecule has 1 atom stereocenters. The zero-order valence-corrected chi connectivity index (χ0v) is 8.11. The van der Waals surface area contributed by atoms with E-state index >= 15 is 0 Å². The molecule has 0 spiro atoms. The third kappa shape index (κ3) is 4.05. The Labute approximate surface area is 86.9 Å². The first-order chi connectivity index (χ1) is 7.09. The lowest BCUT2D eigenvalue weighted by Gasteiger charge is -2.08. The lowest BCUT2D eigenvalue weighted by molar-refractivity contribution is -0.138. The molecule has 82 valence electrons. The lowest BCUT2D eigenvalue weighted by atomic mass is 10.2. The fourth-order valence-electron chi connectivity index (χ4n) is 1.11. The normalized spacial score (nSPS) is 12.4. The van der Waals surface area contributed by atoms with E-state index in [1.54, 1.807) is 12.1 Å². The summed E-state index contributed by atoms with van der Waals surface area (Å²) in [5, 5.41) is 11.3. The summed E-state index contributed by atoms with van der Waals surface area (Å²) in [6, 6.07) is 5.16. The minimum Gasteiger partial charge on any atom is -0.480 e. The van der Waals surface area contributed by atoms with Crippen molar-refractivity contribution in [2.75, 3.05) is 6.54 Å². The fraction of sp³-hybridized carbons (Fsp3) is 0.300. The number of aliphatic carboxylic acids is 1. The molecular formula is C10H13FN2O2. The minimum atomic E-state index is -1.05. The summed E-state index contributed by atoms with van der Waals surface area (Å²) in [6.45, 7) is 0.560. The van der Waals surface area contributed by atoms with Crippen LogP contribution in [0.3, 0.4) is 0 Å². The molecule has 0 bridgehead atoms. The van der Waals surface area contributed by atoms with Crippen molar-refractivity contribution >= 4 is 5.97 Å². The van der Waals surface area contributed by atoms with Gasteiger partial charge in [0, 0.05) is 13.1 Å². The molecule has 0 heterocycles. The summed E-state index contributed by atoms with van der Waals surface area (Å²) in [5.41, 5.74) is 6.03. The summed E-state index contributed by atoms with van der Waals surface area (Å²) in [7, 11) is 0. The predicted molar refractivity (Wildman–Crippen MR) is 53.7 cm³/mol. The van der Waals surface area contributed by atoms with Crippen LogP contribution in [0, 0.1) is 5.82 Å². The van der Waals surface area contributed by atoms with Gasteiger partial charge in [0.05, 0.1) is 0 Å². The van der Waals surface area contributed by atoms with Crippen molar-refractivity contribution in [2.24, 2.45) is 5.73 Å². The van der Waals surface area contributed by atoms with E-state index in [0.717, 1.165) is 5.56 Å². The number of rotatable bonds is 5. The second-order valence-corrected chi connectivity index (χ2v) is 3.21. The van der Waals surface area contributed by atoms with E-state index in [1.807, 2.05) is 0 Å². The van der Waals surface area contributed by atoms with Crippen molar-refractivity contribution in [2.45, 2.75) is 12.6 Å². The molecule has 0 fully saturated rings. The topological polar surface area (TPSA) is 75.3 Å². The molecule has 1 aromatic carbocycles. The monoisotopic (exact) mass is 212 g/mol. The molecule has 0 radical (unpaired) electrons. The molecule has 0 saturated heterocycles. The van der Waals surface area contributed by atoms with Gasteiger partial charge in [-0.05, 0) is 17.7 Å². The fourth-order valence-corrected chi connectivity index (χ4v) is 1.11. The Morgan fingerprint density at radius 3 is 2.93 bits per heavy atom. The van der Waals surface area contributed by atoms with Gasteiger partial charge in [0.2, 0.25) is 0 Å². The van der Waals surface area contributed by atoms with Crippen molar-refractivity contribution in [3.8, 4) is 0 Å². The summed E-state index contributed by atoms with van der Waals surface area (Å²) in [4.78, 5) is 10.4. The van der Waals surface area contributed by atoms with Crippen LogP contribution >= 0.6 is 0 Å². The van der Waals surface area contributed by atoms with Crippen LogP contribution in [0.15, 0.2) is 24.3 Å². The number of carboxylic acids is 1. The maximum atomic E-state index is 12.7. The average Bonchev–Trinajstić information content (AvgIpc) is 2.17. The zero-order valence-electron chi connectivity index (χ0n) is 8.11. The molecule has 0 aliphatic rings. The molecule has 0 saturated carbocycles. The van der Waals surface area contributed by atoms with E-state index in [1.165, 1.54) is 12.1 Å². The number of carboxylic acid groups (broad SMARTS) is 1. The third-order valence-electron chi connectivity index (χ3n) is 1.90. The predicted octanol–water partition coefficient (Wildman–Crippen LogP) is 0.327. The SMILES string of the molecule is NC(CNCc1cccc(F)c1)C(=O)O. The largest absolute Gasteiger partial charge is 0.480 e. The minimum absolute atomic E-state index is 0.159. The van der Waals surface area contributed by atoms with Gasteiger partial charge >= 0.3 is 5.97 Å². The van der Waals surface area contributed by atoms with Crippen molar-refractivity contribution < 1.29 is 14.3 Å². The van der Waals surface area contributed by atoms with Gasteiger partial charge in [-0.3, -0.25) is 4.79 Å². The second kappa shape index (κ2) is 5.43. The molecule has 15 heavy (non-hydrogen) atoms. The number of hydrogen-bond acceptors (Lipinski definition) is 3. The van der Waals surface area contributed by atoms with Crippen molar-refractivity contribution in [1.82, 2.24) is 5.32 Å². The standard InChI is InChI=1S/C10H13FN2O2/c11-8-3-1-2-7(4-8)5-13-6-9(12)10(14)15/h1-4,9,13H,5-6,12H2,(H,14,15). The van der Waals surface area contributed by atoms with E-state index in [0.29, 0.717) is 6.54 Å². The van der Waals surface area contributed by atoms with E-state index in [-0.39, 0.29) is 12.4 Å². The molecule has 0 aromatic heterocycles. The third-order valence-corrected chi connectivity index (χ3v) is 1.90. The van der Waals surface area contributed by atoms with E-state index in [9.17, 15) is 9.18 Å². The molecule has 0 aliphatic heterocycles. The highest BCUT2D eigenvalue weighted by Gasteiger charge is 2.09. The van der Waals surface area contributed by atoms with Gasteiger partial charge in [0.25, 0.3) is 0 Å². The summed E-state index contributed by atoms with van der Waals surface area (Å²) < 4.78 is 12.7. The van der Waals surface area contributed by atoms with Gasteiger partial charge in [-0.2, -0.15) is 0 Å². The number of nitrogens with two attached hydrogens (primary N) is 1. The Hall–Kier alpha value is -1.46. The van der Waals surface area contributed by atoms with Crippen LogP contribution in [0.5, 0.6) is 0 Å². The van der Waals surface area contributed by atoms with E-state index < -0.39 is 12.0 Å². The van der Waals surface area contributed by atoms with Crippen molar-refractivity contribution in [3.05, 3.63) is 35.6 Å². The zero-order chi connectivity index (χ0) is 11.3. The Balaban J connectivity index is 2.35. The first-order valence-corrected chi connectivity index (χ1v) is 4.53. The highest BCUT2D eigenvalue weighted by molar-refractivity contribution is 5.73. The van der Waals surface area contributed by atoms with Crippen LogP contribution in [-0.4, -0.2) is 23.7 Å². The average molecular weight is 212 g/mol. The number of halogens is 1. The van der Waals surface area contributed by atoms with Crippen LogP contribution in [-0.2, 0) is 11.3 Å². The highest BCUT2D eigenvalue weighted by Crippen LogP contribution is 2.02. The van der Waals surface area contributed by atoms with Crippen LogP contribution in [0.4, 0.5) is 4.39 Å². The Morgan fingerprint density at radius 2 is 2.33 bits per heavy atom. The molecular weight excluding hydrogens is 199 g/mol. The number of benzene rings is 1. The molecule has 0 amide bonds. The van der Waals surface area contributed by atoms with Gasteiger partial charge in [0.1, 0.15) is 11.9 Å². The maximum absolute atomic E-state index is 12.7. The lowest BCUT2D eigenvalue weighted by Crippen LogP contribution is -2.40. The number of nitrogens with one attached hydrogen (secondary N) is 1. The second-order valence-electron chi connectivity index (χ2n) is 3.21. The van der Waals surface area contributed by atoms with Crippen molar-refractivity contribution in [1.29, 1.82) is 0 Å². The smallest absolute Gasteiger partial charge is 0.321 e. The van der Waals surface area contributed by atoms with Gasteiger partial charge < -0.3 is 16.2 Å². The van der Waals surface area contributed by atoms with Crippen molar-refractivity contribution in [3.63, 3.8) is 0 Å². The first kappa shape index (κ1) is 11.6. The molecule has 4 nitrogen and oxygen atoms in total. The Bertz CT molecular complexity index is 344. The Kier molecular flexibility index (Phi) is 4.20. The number of hydrogen-bond donors (Lipinski definition) is 3. The highest BCUT2D eigenvalue weighted by atomic mass is 19.1. The molecule has 4 N–H and O–H groups in total. The van der Waals surface area contributed by atoms with Crippen LogP contribution in [0.1, 0.15) is 5.56 Å². The molecule has 1 unspecified atom stereocenters. The quantitative estimate of drug-likeness (QED) is 0.657. The van der Waals surface area contributed by atoms with Crippen LogP contribution < -0.4 is 11.1 Å². The molecule has 1 aromatic rings. The van der Waals surface area contributed by atoms with Gasteiger partial charge in [0.15, 0.2) is 0 Å². The molecule has 0 aliphatic carbocycles. The summed E-state index contributed by atoms with van der Waals surface area (Å²) in [6.07, 6.45) is 0. The van der Waals surface area contributed by atoms with Crippen LogP contribution in [0.2, 0.25) is 0 Å². The summed E-state index contributed by atoms with van der Waals surface area (Å²) >= 11 is 0. The first-order valence-electron chi connectivity index (χ1n) is 4.53. The van der Waals surface area contributed by atoms with Crippen LogP contribution in [0.25, 0.3) is 0 Å². The van der Waals surface area contributed by atoms with E-state index in [2.05, 4.69) is 5.32 Å². The molecule has 5 heteroatoms. The maximum Gasteiger partial charge on any atom is 0.321 e. The Morgan fingerprint density at radius 1 is 1.60 bits per heavy atom. The van der Waals surface area contributed by atoms with Gasteiger partial charge in [-0.1, -0.05) is 12.1 Å². The van der Waals surface area contributed by atoms with E-state index in [4.69, 9.17) is 10.8 Å². The van der Waals surface area contributed by atoms with Gasteiger partial charge in [-0.15, -0.1) is 0 Å². The summed E-state index contributed by atoms with van der Waals surface area (Å²) in [5.74, 6) is -1.36.